The molecule has 2 aromatic carbocycles. The van der Waals surface area contributed by atoms with Gasteiger partial charge in [-0.2, -0.15) is 5.26 Å². The predicted octanol–water partition coefficient (Wildman–Crippen LogP) is 4.87. The number of nitriles is 1. The molecule has 4 nitrogen and oxygen atoms in total. The summed E-state index contributed by atoms with van der Waals surface area (Å²) in [5.74, 6) is 0.111. The number of fused-ring (bicyclic) bond motifs is 1. The zero-order valence-corrected chi connectivity index (χ0v) is 13.6. The van der Waals surface area contributed by atoms with Crippen LogP contribution in [0.5, 0.6) is 5.75 Å². The summed E-state index contributed by atoms with van der Waals surface area (Å²) in [4.78, 5) is 12.2. The van der Waals surface area contributed by atoms with Crippen LogP contribution in [-0.4, -0.2) is 5.11 Å². The zero-order chi connectivity index (χ0) is 17.3. The first-order valence-electron chi connectivity index (χ1n) is 6.82. The van der Waals surface area contributed by atoms with E-state index in [1.807, 2.05) is 6.07 Å². The molecule has 3 rings (SSSR count). The van der Waals surface area contributed by atoms with E-state index in [1.54, 1.807) is 18.2 Å². The first-order chi connectivity index (χ1) is 11.5. The topological polar surface area (TPSA) is 74.2 Å². The molecular weight excluding hydrogens is 349 g/mol. The third-order valence-corrected chi connectivity index (χ3v) is 3.87. The van der Waals surface area contributed by atoms with Crippen molar-refractivity contribution in [3.05, 3.63) is 74.1 Å². The van der Waals surface area contributed by atoms with Gasteiger partial charge >= 0.3 is 5.63 Å². The largest absolute Gasteiger partial charge is 0.508 e. The second kappa shape index (κ2) is 6.40. The molecule has 0 saturated carbocycles. The number of phenolic OH excluding ortho intramolecular Hbond substituents is 1. The molecule has 3 aromatic rings. The Morgan fingerprint density at radius 1 is 1.17 bits per heavy atom. The summed E-state index contributed by atoms with van der Waals surface area (Å²) in [6.07, 6.45) is 1.53. The molecule has 0 unspecified atom stereocenters. The molecule has 0 radical (unpaired) electrons. The van der Waals surface area contributed by atoms with E-state index in [0.717, 1.165) is 0 Å². The molecule has 24 heavy (non-hydrogen) atoms. The van der Waals surface area contributed by atoms with Gasteiger partial charge in [-0.1, -0.05) is 35.3 Å². The molecule has 118 valence electrons. The SMILES string of the molecule is N#C/C(=C\c1ccc(O)cc1)c1cc2cc(Cl)cc(Cl)c2oc1=O. The Hall–Kier alpha value is -2.74. The molecular formula is C18H9Cl2NO3. The molecule has 0 fully saturated rings. The number of halogens is 2. The van der Waals surface area contributed by atoms with Crippen LogP contribution in [0.3, 0.4) is 0 Å². The Labute approximate surface area is 146 Å². The number of aromatic hydroxyl groups is 1. The number of benzene rings is 2. The van der Waals surface area contributed by atoms with Gasteiger partial charge in [0.1, 0.15) is 11.8 Å². The number of allylic oxidation sites excluding steroid dienone is 1. The smallest absolute Gasteiger partial charge is 0.344 e. The Kier molecular flexibility index (Phi) is 4.30. The summed E-state index contributed by atoms with van der Waals surface area (Å²) in [7, 11) is 0. The second-order valence-electron chi connectivity index (χ2n) is 5.01. The van der Waals surface area contributed by atoms with Crippen molar-refractivity contribution < 1.29 is 9.52 Å². The Morgan fingerprint density at radius 2 is 1.88 bits per heavy atom. The van der Waals surface area contributed by atoms with E-state index in [4.69, 9.17) is 27.6 Å². The van der Waals surface area contributed by atoms with Crippen molar-refractivity contribution in [3.8, 4) is 11.8 Å². The summed E-state index contributed by atoms with van der Waals surface area (Å²) >= 11 is 12.0. The van der Waals surface area contributed by atoms with Crippen LogP contribution in [0.4, 0.5) is 0 Å². The lowest BCUT2D eigenvalue weighted by atomic mass is 10.0. The molecule has 0 aliphatic heterocycles. The minimum absolute atomic E-state index is 0.108. The summed E-state index contributed by atoms with van der Waals surface area (Å²) in [5, 5.41) is 19.8. The van der Waals surface area contributed by atoms with Crippen LogP contribution in [0.1, 0.15) is 11.1 Å². The van der Waals surface area contributed by atoms with E-state index >= 15 is 0 Å². The molecule has 0 bridgehead atoms. The highest BCUT2D eigenvalue weighted by atomic mass is 35.5. The van der Waals surface area contributed by atoms with Gasteiger partial charge in [0.15, 0.2) is 5.58 Å². The van der Waals surface area contributed by atoms with E-state index in [0.29, 0.717) is 16.0 Å². The minimum Gasteiger partial charge on any atom is -0.508 e. The fraction of sp³-hybridized carbons (Fsp3) is 0. The number of nitrogens with zero attached hydrogens (tertiary/aromatic N) is 1. The maximum absolute atomic E-state index is 12.2. The summed E-state index contributed by atoms with van der Waals surface area (Å²) in [6, 6.07) is 12.8. The highest BCUT2D eigenvalue weighted by Gasteiger charge is 2.13. The lowest BCUT2D eigenvalue weighted by molar-refractivity contribution is 0.475. The van der Waals surface area contributed by atoms with Gasteiger partial charge in [0, 0.05) is 10.4 Å². The van der Waals surface area contributed by atoms with Gasteiger partial charge in [0.25, 0.3) is 0 Å². The quantitative estimate of drug-likeness (QED) is 0.524. The average Bonchev–Trinajstić information content (AvgIpc) is 2.55. The molecule has 0 atom stereocenters. The lowest BCUT2D eigenvalue weighted by Gasteiger charge is -2.04. The third-order valence-electron chi connectivity index (χ3n) is 3.37. The van der Waals surface area contributed by atoms with Gasteiger partial charge in [-0.25, -0.2) is 4.79 Å². The molecule has 0 spiro atoms. The molecule has 6 heteroatoms. The summed E-state index contributed by atoms with van der Waals surface area (Å²) in [6.45, 7) is 0. The van der Waals surface area contributed by atoms with Crippen LogP contribution < -0.4 is 5.63 Å². The third kappa shape index (κ3) is 3.13. The molecule has 1 heterocycles. The van der Waals surface area contributed by atoms with Gasteiger partial charge in [-0.3, -0.25) is 0 Å². The van der Waals surface area contributed by atoms with Crippen molar-refractivity contribution in [2.75, 3.05) is 0 Å². The maximum atomic E-state index is 12.2. The summed E-state index contributed by atoms with van der Waals surface area (Å²) < 4.78 is 5.24. The van der Waals surface area contributed by atoms with Crippen LogP contribution in [0, 0.1) is 11.3 Å². The molecule has 0 amide bonds. The Bertz CT molecular complexity index is 1060. The van der Waals surface area contributed by atoms with E-state index < -0.39 is 5.63 Å². The first-order valence-corrected chi connectivity index (χ1v) is 7.57. The van der Waals surface area contributed by atoms with E-state index in [2.05, 4.69) is 0 Å². The van der Waals surface area contributed by atoms with Crippen LogP contribution in [0.15, 0.2) is 51.7 Å². The van der Waals surface area contributed by atoms with Gasteiger partial charge in [0.2, 0.25) is 0 Å². The molecule has 0 aliphatic carbocycles. The van der Waals surface area contributed by atoms with Crippen LogP contribution in [0.25, 0.3) is 22.6 Å². The zero-order valence-electron chi connectivity index (χ0n) is 12.1. The lowest BCUT2D eigenvalue weighted by Crippen LogP contribution is -2.06. The van der Waals surface area contributed by atoms with Crippen molar-refractivity contribution in [2.45, 2.75) is 0 Å². The number of hydrogen-bond acceptors (Lipinski definition) is 4. The van der Waals surface area contributed by atoms with Gasteiger partial charge in [0.05, 0.1) is 16.2 Å². The minimum atomic E-state index is -0.668. The number of rotatable bonds is 2. The van der Waals surface area contributed by atoms with Crippen molar-refractivity contribution >= 4 is 45.8 Å². The standard InChI is InChI=1S/C18H9Cl2NO3/c19-13-6-11-7-15(18(23)24-17(11)16(20)8-13)12(9-21)5-10-1-3-14(22)4-2-10/h1-8,22H/b12-5+. The second-order valence-corrected chi connectivity index (χ2v) is 5.86. The van der Waals surface area contributed by atoms with Gasteiger partial charge in [-0.05, 0) is 42.0 Å². The van der Waals surface area contributed by atoms with E-state index in [1.165, 1.54) is 30.3 Å². The maximum Gasteiger partial charge on any atom is 0.344 e. The fourth-order valence-electron chi connectivity index (χ4n) is 2.25. The van der Waals surface area contributed by atoms with Crippen LogP contribution >= 0.6 is 23.2 Å². The average molecular weight is 358 g/mol. The van der Waals surface area contributed by atoms with Crippen molar-refractivity contribution in [2.24, 2.45) is 0 Å². The normalized spacial score (nSPS) is 11.5. The number of hydrogen-bond donors (Lipinski definition) is 1. The first kappa shape index (κ1) is 16.1. The van der Waals surface area contributed by atoms with Crippen molar-refractivity contribution in [3.63, 3.8) is 0 Å². The molecule has 1 N–H and O–H groups in total. The van der Waals surface area contributed by atoms with Crippen LogP contribution in [0.2, 0.25) is 10.0 Å². The van der Waals surface area contributed by atoms with Crippen LogP contribution in [-0.2, 0) is 0 Å². The highest BCUT2D eigenvalue weighted by molar-refractivity contribution is 6.38. The Balaban J connectivity index is 2.19. The Morgan fingerprint density at radius 3 is 2.54 bits per heavy atom. The molecule has 1 aromatic heterocycles. The highest BCUT2D eigenvalue weighted by Crippen LogP contribution is 2.29. The van der Waals surface area contributed by atoms with Crippen molar-refractivity contribution in [1.82, 2.24) is 0 Å². The monoisotopic (exact) mass is 357 g/mol. The fourth-order valence-corrected chi connectivity index (χ4v) is 2.80. The van der Waals surface area contributed by atoms with E-state index in [9.17, 15) is 15.2 Å². The van der Waals surface area contributed by atoms with Crippen molar-refractivity contribution in [1.29, 1.82) is 5.26 Å². The van der Waals surface area contributed by atoms with E-state index in [-0.39, 0.29) is 27.5 Å². The predicted molar refractivity (Wildman–Crippen MR) is 94.1 cm³/mol. The van der Waals surface area contributed by atoms with Gasteiger partial charge in [-0.15, -0.1) is 0 Å². The molecule has 0 saturated heterocycles. The molecule has 0 aliphatic rings. The van der Waals surface area contributed by atoms with Gasteiger partial charge < -0.3 is 9.52 Å². The summed E-state index contributed by atoms with van der Waals surface area (Å²) in [5.41, 5.74) is 0.451. The number of phenols is 1.